The van der Waals surface area contributed by atoms with Gasteiger partial charge in [-0.3, -0.25) is 0 Å². The van der Waals surface area contributed by atoms with Crippen molar-refractivity contribution in [3.8, 4) is 0 Å². The predicted molar refractivity (Wildman–Crippen MR) is 109 cm³/mol. The summed E-state index contributed by atoms with van der Waals surface area (Å²) in [6.45, 7) is 25.0. The first-order valence-electron chi connectivity index (χ1n) is 9.59. The SMILES string of the molecule is CC(C)(C)[Si](C)(C)OCCCC(CC1CO1)O[Si](C)(C)C(C)(C)C. The predicted octanol–water partition coefficient (Wildman–Crippen LogP) is 5.97. The zero-order valence-electron chi connectivity index (χ0n) is 17.9. The minimum absolute atomic E-state index is 0.257. The van der Waals surface area contributed by atoms with Gasteiger partial charge in [0.2, 0.25) is 0 Å². The highest BCUT2D eigenvalue weighted by molar-refractivity contribution is 6.74. The Kier molecular flexibility index (Phi) is 7.37. The molecule has 1 aliphatic rings. The third-order valence-electron chi connectivity index (χ3n) is 6.14. The molecule has 0 saturated carbocycles. The van der Waals surface area contributed by atoms with Gasteiger partial charge in [0.25, 0.3) is 0 Å². The molecule has 1 saturated heterocycles. The van der Waals surface area contributed by atoms with E-state index in [2.05, 4.69) is 67.7 Å². The van der Waals surface area contributed by atoms with E-state index in [9.17, 15) is 0 Å². The van der Waals surface area contributed by atoms with Crippen molar-refractivity contribution >= 4 is 16.6 Å². The van der Waals surface area contributed by atoms with Crippen LogP contribution in [-0.2, 0) is 13.6 Å². The van der Waals surface area contributed by atoms with Crippen LogP contribution in [0.1, 0.15) is 60.8 Å². The lowest BCUT2D eigenvalue weighted by atomic mass is 10.1. The minimum atomic E-state index is -1.72. The van der Waals surface area contributed by atoms with Crippen LogP contribution in [0.15, 0.2) is 0 Å². The molecule has 144 valence electrons. The fourth-order valence-electron chi connectivity index (χ4n) is 2.17. The zero-order chi connectivity index (χ0) is 18.8. The summed E-state index contributed by atoms with van der Waals surface area (Å²) in [5, 5.41) is 0.541. The zero-order valence-corrected chi connectivity index (χ0v) is 19.9. The maximum absolute atomic E-state index is 6.67. The van der Waals surface area contributed by atoms with Crippen LogP contribution in [0.4, 0.5) is 0 Å². The van der Waals surface area contributed by atoms with Crippen molar-refractivity contribution in [1.29, 1.82) is 0 Å². The molecule has 24 heavy (non-hydrogen) atoms. The third-order valence-corrected chi connectivity index (χ3v) is 15.2. The van der Waals surface area contributed by atoms with Gasteiger partial charge in [0.15, 0.2) is 16.6 Å². The molecule has 1 heterocycles. The summed E-state index contributed by atoms with van der Waals surface area (Å²) in [6, 6.07) is 0. The summed E-state index contributed by atoms with van der Waals surface area (Å²) < 4.78 is 18.4. The molecular formula is C19H42O3Si2. The number of hydrogen-bond acceptors (Lipinski definition) is 3. The molecule has 0 amide bonds. The number of epoxide rings is 1. The van der Waals surface area contributed by atoms with E-state index in [1.54, 1.807) is 0 Å². The molecule has 1 rings (SSSR count). The monoisotopic (exact) mass is 374 g/mol. The molecule has 1 fully saturated rings. The van der Waals surface area contributed by atoms with E-state index in [-0.39, 0.29) is 10.1 Å². The molecule has 0 aliphatic carbocycles. The summed E-state index contributed by atoms with van der Waals surface area (Å²) in [5.74, 6) is 0. The highest BCUT2D eigenvalue weighted by Crippen LogP contribution is 2.39. The Morgan fingerprint density at radius 2 is 1.46 bits per heavy atom. The number of ether oxygens (including phenoxy) is 1. The average molecular weight is 375 g/mol. The molecule has 2 atom stereocenters. The molecule has 5 heteroatoms. The van der Waals surface area contributed by atoms with Crippen LogP contribution in [0.25, 0.3) is 0 Å². The van der Waals surface area contributed by atoms with Crippen LogP contribution in [-0.4, -0.2) is 42.1 Å². The standard InChI is InChI=1S/C19H42O3Si2/c1-18(2,3)23(7,8)21-13-11-12-16(14-17-15-20-17)22-24(9,10)19(4,5)6/h16-17H,11-15H2,1-10H3. The lowest BCUT2D eigenvalue weighted by Gasteiger charge is -2.39. The van der Waals surface area contributed by atoms with Crippen LogP contribution < -0.4 is 0 Å². The summed E-state index contributed by atoms with van der Waals surface area (Å²) in [6.07, 6.45) is 3.97. The Hall–Kier alpha value is 0.314. The summed E-state index contributed by atoms with van der Waals surface area (Å²) in [7, 11) is -3.35. The summed E-state index contributed by atoms with van der Waals surface area (Å²) in [4.78, 5) is 0. The molecule has 0 aromatic carbocycles. The van der Waals surface area contributed by atoms with Crippen molar-refractivity contribution < 1.29 is 13.6 Å². The highest BCUT2D eigenvalue weighted by Gasteiger charge is 2.40. The van der Waals surface area contributed by atoms with E-state index < -0.39 is 16.6 Å². The second kappa shape index (κ2) is 7.91. The van der Waals surface area contributed by atoms with Gasteiger partial charge in [-0.1, -0.05) is 41.5 Å². The molecule has 0 bridgehead atoms. The van der Waals surface area contributed by atoms with Crippen molar-refractivity contribution in [2.75, 3.05) is 13.2 Å². The first-order valence-corrected chi connectivity index (χ1v) is 15.4. The van der Waals surface area contributed by atoms with Gasteiger partial charge in [-0.2, -0.15) is 0 Å². The van der Waals surface area contributed by atoms with Crippen LogP contribution in [0.3, 0.4) is 0 Å². The molecule has 0 spiro atoms. The van der Waals surface area contributed by atoms with E-state index in [1.807, 2.05) is 0 Å². The van der Waals surface area contributed by atoms with E-state index in [4.69, 9.17) is 13.6 Å². The van der Waals surface area contributed by atoms with Crippen LogP contribution in [0.5, 0.6) is 0 Å². The third kappa shape index (κ3) is 6.91. The van der Waals surface area contributed by atoms with Crippen molar-refractivity contribution in [3.63, 3.8) is 0 Å². The normalized spacial score (nSPS) is 21.0. The van der Waals surface area contributed by atoms with E-state index in [1.165, 1.54) is 0 Å². The van der Waals surface area contributed by atoms with Crippen molar-refractivity contribution in [1.82, 2.24) is 0 Å². The maximum atomic E-state index is 6.67. The van der Waals surface area contributed by atoms with Crippen LogP contribution in [0, 0.1) is 0 Å². The molecule has 0 radical (unpaired) electrons. The Labute approximate surface area is 153 Å². The lowest BCUT2D eigenvalue weighted by Crippen LogP contribution is -2.44. The van der Waals surface area contributed by atoms with Crippen LogP contribution in [0.2, 0.25) is 36.3 Å². The lowest BCUT2D eigenvalue weighted by molar-refractivity contribution is 0.138. The molecule has 2 unspecified atom stereocenters. The van der Waals surface area contributed by atoms with E-state index >= 15 is 0 Å². The van der Waals surface area contributed by atoms with Gasteiger partial charge in [-0.05, 0) is 49.1 Å². The molecular weight excluding hydrogens is 332 g/mol. The smallest absolute Gasteiger partial charge is 0.192 e. The van der Waals surface area contributed by atoms with Crippen molar-refractivity contribution in [2.45, 2.75) is 109 Å². The van der Waals surface area contributed by atoms with Gasteiger partial charge in [-0.25, -0.2) is 0 Å². The van der Waals surface area contributed by atoms with Crippen molar-refractivity contribution in [3.05, 3.63) is 0 Å². The summed E-state index contributed by atoms with van der Waals surface area (Å²) in [5.41, 5.74) is 0. The molecule has 0 aromatic heterocycles. The van der Waals surface area contributed by atoms with E-state index in [0.717, 1.165) is 32.5 Å². The minimum Gasteiger partial charge on any atom is -0.417 e. The maximum Gasteiger partial charge on any atom is 0.192 e. The van der Waals surface area contributed by atoms with Crippen molar-refractivity contribution in [2.24, 2.45) is 0 Å². The molecule has 1 aliphatic heterocycles. The first kappa shape index (κ1) is 22.4. The Morgan fingerprint density at radius 1 is 0.958 bits per heavy atom. The van der Waals surface area contributed by atoms with Gasteiger partial charge < -0.3 is 13.6 Å². The second-order valence-corrected chi connectivity index (χ2v) is 20.0. The highest BCUT2D eigenvalue weighted by atomic mass is 28.4. The number of rotatable bonds is 9. The molecule has 3 nitrogen and oxygen atoms in total. The molecule has 0 N–H and O–H groups in total. The summed E-state index contributed by atoms with van der Waals surface area (Å²) >= 11 is 0. The van der Waals surface area contributed by atoms with Gasteiger partial charge in [-0.15, -0.1) is 0 Å². The van der Waals surface area contributed by atoms with Crippen LogP contribution >= 0.6 is 0 Å². The number of hydrogen-bond donors (Lipinski definition) is 0. The fourth-order valence-corrected chi connectivity index (χ4v) is 4.66. The van der Waals surface area contributed by atoms with Gasteiger partial charge in [0.05, 0.1) is 12.7 Å². The fraction of sp³-hybridized carbons (Fsp3) is 1.00. The largest absolute Gasteiger partial charge is 0.417 e. The average Bonchev–Trinajstić information content (AvgIpc) is 3.15. The second-order valence-electron chi connectivity index (χ2n) is 10.4. The van der Waals surface area contributed by atoms with Gasteiger partial charge in [0.1, 0.15) is 0 Å². The molecule has 0 aromatic rings. The van der Waals surface area contributed by atoms with E-state index in [0.29, 0.717) is 12.2 Å². The topological polar surface area (TPSA) is 31.0 Å². The Morgan fingerprint density at radius 3 is 1.88 bits per heavy atom. The Bertz CT molecular complexity index is 390. The Balaban J connectivity index is 2.49. The van der Waals surface area contributed by atoms with Gasteiger partial charge in [0, 0.05) is 19.1 Å². The first-order chi connectivity index (χ1) is 10.7. The quantitative estimate of drug-likeness (QED) is 0.283. The van der Waals surface area contributed by atoms with Gasteiger partial charge >= 0.3 is 0 Å².